The minimum absolute atomic E-state index is 0.124. The molecule has 2 aromatic carbocycles. The summed E-state index contributed by atoms with van der Waals surface area (Å²) in [6, 6.07) is 19.4. The monoisotopic (exact) mass is 391 g/mol. The predicted octanol–water partition coefficient (Wildman–Crippen LogP) is 3.50. The highest BCUT2D eigenvalue weighted by Gasteiger charge is 2.14. The first-order valence-electron chi connectivity index (χ1n) is 9.04. The number of methoxy groups -OCH3 is 1. The molecule has 3 rings (SSSR count). The molecule has 0 radical (unpaired) electrons. The van der Waals surface area contributed by atoms with Crippen molar-refractivity contribution in [1.29, 1.82) is 0 Å². The second kappa shape index (κ2) is 10.0. The molecule has 0 saturated heterocycles. The van der Waals surface area contributed by atoms with Gasteiger partial charge < -0.3 is 20.1 Å². The Morgan fingerprint density at radius 2 is 1.72 bits per heavy atom. The lowest BCUT2D eigenvalue weighted by Crippen LogP contribution is -2.27. The summed E-state index contributed by atoms with van der Waals surface area (Å²) in [4.78, 5) is 28.9. The molecule has 0 aliphatic carbocycles. The number of aromatic nitrogens is 1. The Kier molecular flexibility index (Phi) is 6.91. The van der Waals surface area contributed by atoms with E-state index in [1.54, 1.807) is 31.4 Å². The number of hydrogen-bond acceptors (Lipinski definition) is 5. The van der Waals surface area contributed by atoms with Gasteiger partial charge in [-0.25, -0.2) is 0 Å². The smallest absolute Gasteiger partial charge is 0.274 e. The van der Waals surface area contributed by atoms with E-state index in [9.17, 15) is 9.59 Å². The molecule has 0 unspecified atom stereocenters. The van der Waals surface area contributed by atoms with Crippen molar-refractivity contribution in [2.45, 2.75) is 0 Å². The van der Waals surface area contributed by atoms with Gasteiger partial charge in [-0.3, -0.25) is 14.6 Å². The first-order valence-corrected chi connectivity index (χ1v) is 9.04. The SMILES string of the molecule is COCCNC(=O)c1ccnc(C(=O)Nc2ccccc2Oc2ccccc2)c1. The largest absolute Gasteiger partial charge is 0.455 e. The second-order valence-electron chi connectivity index (χ2n) is 6.04. The molecule has 1 heterocycles. The number of carbonyl (C=O) groups excluding carboxylic acids is 2. The highest BCUT2D eigenvalue weighted by molar-refractivity contribution is 6.05. The highest BCUT2D eigenvalue weighted by atomic mass is 16.5. The number of rotatable bonds is 8. The predicted molar refractivity (Wildman–Crippen MR) is 109 cm³/mol. The molecule has 0 fully saturated rings. The minimum Gasteiger partial charge on any atom is -0.455 e. The maximum atomic E-state index is 12.7. The van der Waals surface area contributed by atoms with E-state index in [1.165, 1.54) is 12.3 Å². The van der Waals surface area contributed by atoms with Crippen LogP contribution >= 0.6 is 0 Å². The van der Waals surface area contributed by atoms with E-state index >= 15 is 0 Å². The molecular formula is C22H21N3O4. The molecule has 0 aliphatic rings. The third-order valence-electron chi connectivity index (χ3n) is 3.95. The van der Waals surface area contributed by atoms with Crippen LogP contribution < -0.4 is 15.4 Å². The van der Waals surface area contributed by atoms with E-state index in [1.807, 2.05) is 36.4 Å². The topological polar surface area (TPSA) is 89.5 Å². The Morgan fingerprint density at radius 1 is 0.966 bits per heavy atom. The van der Waals surface area contributed by atoms with Crippen molar-refractivity contribution < 1.29 is 19.1 Å². The van der Waals surface area contributed by atoms with E-state index in [-0.39, 0.29) is 11.6 Å². The van der Waals surface area contributed by atoms with Crippen molar-refractivity contribution in [3.8, 4) is 11.5 Å². The lowest BCUT2D eigenvalue weighted by atomic mass is 10.2. The van der Waals surface area contributed by atoms with Crippen molar-refractivity contribution in [2.24, 2.45) is 0 Å². The lowest BCUT2D eigenvalue weighted by Gasteiger charge is -2.12. The summed E-state index contributed by atoms with van der Waals surface area (Å²) in [5, 5.41) is 5.50. The van der Waals surface area contributed by atoms with Gasteiger partial charge in [0.15, 0.2) is 5.75 Å². The van der Waals surface area contributed by atoms with Crippen LogP contribution in [0, 0.1) is 0 Å². The third-order valence-corrected chi connectivity index (χ3v) is 3.95. The highest BCUT2D eigenvalue weighted by Crippen LogP contribution is 2.29. The number of para-hydroxylation sites is 3. The zero-order valence-electron chi connectivity index (χ0n) is 15.9. The van der Waals surface area contributed by atoms with Crippen molar-refractivity contribution in [3.05, 3.63) is 84.2 Å². The molecule has 0 spiro atoms. The summed E-state index contributed by atoms with van der Waals surface area (Å²) in [5.74, 6) is 0.412. The van der Waals surface area contributed by atoms with Crippen molar-refractivity contribution in [2.75, 3.05) is 25.6 Å². The summed E-state index contributed by atoms with van der Waals surface area (Å²) in [5.41, 5.74) is 0.965. The van der Waals surface area contributed by atoms with Gasteiger partial charge in [-0.05, 0) is 36.4 Å². The van der Waals surface area contributed by atoms with Crippen LogP contribution in [-0.4, -0.2) is 37.1 Å². The van der Waals surface area contributed by atoms with Gasteiger partial charge in [0, 0.05) is 25.4 Å². The van der Waals surface area contributed by atoms with E-state index in [0.29, 0.717) is 35.9 Å². The number of pyridine rings is 1. The Balaban J connectivity index is 1.72. The summed E-state index contributed by atoms with van der Waals surface area (Å²) in [7, 11) is 1.56. The van der Waals surface area contributed by atoms with Crippen LogP contribution in [-0.2, 0) is 4.74 Å². The van der Waals surface area contributed by atoms with E-state index in [0.717, 1.165) is 0 Å². The molecule has 2 N–H and O–H groups in total. The van der Waals surface area contributed by atoms with Crippen LogP contribution in [0.5, 0.6) is 11.5 Å². The van der Waals surface area contributed by atoms with Crippen LogP contribution in [0.15, 0.2) is 72.9 Å². The number of nitrogens with zero attached hydrogens (tertiary/aromatic N) is 1. The first-order chi connectivity index (χ1) is 14.2. The normalized spacial score (nSPS) is 10.2. The van der Waals surface area contributed by atoms with Gasteiger partial charge >= 0.3 is 0 Å². The maximum absolute atomic E-state index is 12.7. The molecule has 0 atom stereocenters. The number of nitrogens with one attached hydrogen (secondary N) is 2. The summed E-state index contributed by atoms with van der Waals surface area (Å²) >= 11 is 0. The summed E-state index contributed by atoms with van der Waals surface area (Å²) in [6.07, 6.45) is 1.42. The van der Waals surface area contributed by atoms with Gasteiger partial charge in [0.2, 0.25) is 0 Å². The van der Waals surface area contributed by atoms with Crippen LogP contribution in [0.2, 0.25) is 0 Å². The van der Waals surface area contributed by atoms with Crippen molar-refractivity contribution in [1.82, 2.24) is 10.3 Å². The molecular weight excluding hydrogens is 370 g/mol. The zero-order chi connectivity index (χ0) is 20.5. The van der Waals surface area contributed by atoms with Gasteiger partial charge in [0.1, 0.15) is 11.4 Å². The second-order valence-corrected chi connectivity index (χ2v) is 6.04. The standard InChI is InChI=1S/C22H21N3O4/c1-28-14-13-24-21(26)16-11-12-23-19(15-16)22(27)25-18-9-5-6-10-20(18)29-17-7-3-2-4-8-17/h2-12,15H,13-14H2,1H3,(H,24,26)(H,25,27). The van der Waals surface area contributed by atoms with Gasteiger partial charge in [-0.1, -0.05) is 30.3 Å². The number of anilines is 1. The quantitative estimate of drug-likeness (QED) is 0.574. The van der Waals surface area contributed by atoms with Crippen molar-refractivity contribution in [3.63, 3.8) is 0 Å². The number of hydrogen-bond donors (Lipinski definition) is 2. The van der Waals surface area contributed by atoms with Crippen molar-refractivity contribution >= 4 is 17.5 Å². The Morgan fingerprint density at radius 3 is 2.52 bits per heavy atom. The molecule has 7 nitrogen and oxygen atoms in total. The number of ether oxygens (including phenoxy) is 2. The molecule has 3 aromatic rings. The Labute approximate surface area is 168 Å². The molecule has 7 heteroatoms. The van der Waals surface area contributed by atoms with Crippen LogP contribution in [0.4, 0.5) is 5.69 Å². The molecule has 2 amide bonds. The summed E-state index contributed by atoms with van der Waals surface area (Å²) < 4.78 is 10.8. The molecule has 148 valence electrons. The Hall–Kier alpha value is -3.71. The zero-order valence-corrected chi connectivity index (χ0v) is 15.9. The minimum atomic E-state index is -0.444. The van der Waals surface area contributed by atoms with Gasteiger partial charge in [-0.2, -0.15) is 0 Å². The summed E-state index contributed by atoms with van der Waals surface area (Å²) in [6.45, 7) is 0.783. The number of amides is 2. The van der Waals surface area contributed by atoms with Crippen LogP contribution in [0.25, 0.3) is 0 Å². The maximum Gasteiger partial charge on any atom is 0.274 e. The average Bonchev–Trinajstić information content (AvgIpc) is 2.76. The average molecular weight is 391 g/mol. The van der Waals surface area contributed by atoms with Gasteiger partial charge in [0.25, 0.3) is 11.8 Å². The lowest BCUT2D eigenvalue weighted by molar-refractivity contribution is 0.0937. The Bertz CT molecular complexity index is 977. The van der Waals surface area contributed by atoms with Gasteiger partial charge in [0.05, 0.1) is 12.3 Å². The fraction of sp³-hybridized carbons (Fsp3) is 0.136. The van der Waals surface area contributed by atoms with E-state index < -0.39 is 5.91 Å². The van der Waals surface area contributed by atoms with Crippen LogP contribution in [0.1, 0.15) is 20.8 Å². The number of benzene rings is 2. The fourth-order valence-corrected chi connectivity index (χ4v) is 2.53. The fourth-order valence-electron chi connectivity index (χ4n) is 2.53. The van der Waals surface area contributed by atoms with Gasteiger partial charge in [-0.15, -0.1) is 0 Å². The molecule has 0 saturated carbocycles. The van der Waals surface area contributed by atoms with Crippen LogP contribution in [0.3, 0.4) is 0 Å². The molecule has 29 heavy (non-hydrogen) atoms. The molecule has 0 aliphatic heterocycles. The number of carbonyl (C=O) groups is 2. The molecule has 1 aromatic heterocycles. The first kappa shape index (κ1) is 20.0. The molecule has 0 bridgehead atoms. The third kappa shape index (κ3) is 5.63. The van der Waals surface area contributed by atoms with E-state index in [2.05, 4.69) is 15.6 Å². The van der Waals surface area contributed by atoms with E-state index in [4.69, 9.17) is 9.47 Å².